The van der Waals surface area contributed by atoms with Crippen LogP contribution in [0.1, 0.15) is 17.3 Å². The lowest BCUT2D eigenvalue weighted by atomic mass is 10.1. The van der Waals surface area contributed by atoms with Crippen LogP contribution in [0.15, 0.2) is 18.2 Å². The highest BCUT2D eigenvalue weighted by Crippen LogP contribution is 2.23. The first-order valence-electron chi connectivity index (χ1n) is 5.20. The van der Waals surface area contributed by atoms with Crippen molar-refractivity contribution in [3.63, 3.8) is 0 Å². The molecule has 0 aliphatic rings. The highest BCUT2D eigenvalue weighted by Gasteiger charge is 2.18. The summed E-state index contributed by atoms with van der Waals surface area (Å²) in [5.74, 6) is -0.393. The first kappa shape index (κ1) is 14.4. The number of aliphatic hydroxyl groups excluding tert-OH is 1. The molecule has 0 aromatic heterocycles. The minimum absolute atomic E-state index is 0.0200. The number of hydrogen-bond donors (Lipinski definition) is 1. The summed E-state index contributed by atoms with van der Waals surface area (Å²) < 4.78 is 0. The van der Waals surface area contributed by atoms with Crippen molar-refractivity contribution in [1.29, 1.82) is 0 Å². The van der Waals surface area contributed by atoms with E-state index in [4.69, 9.17) is 11.6 Å². The third-order valence-corrected chi connectivity index (χ3v) is 2.59. The smallest absolute Gasteiger partial charge is 0.270 e. The van der Waals surface area contributed by atoms with Crippen molar-refractivity contribution >= 4 is 23.2 Å². The molecule has 0 radical (unpaired) electrons. The Kier molecular flexibility index (Phi) is 4.63. The van der Waals surface area contributed by atoms with Crippen molar-refractivity contribution in [2.75, 3.05) is 13.6 Å². The third kappa shape index (κ3) is 3.41. The molecule has 0 bridgehead atoms. The highest BCUT2D eigenvalue weighted by molar-refractivity contribution is 6.34. The van der Waals surface area contributed by atoms with Crippen LogP contribution in [0.5, 0.6) is 0 Å². The van der Waals surface area contributed by atoms with Gasteiger partial charge in [-0.1, -0.05) is 11.6 Å². The summed E-state index contributed by atoms with van der Waals surface area (Å²) in [6, 6.07) is 3.65. The fraction of sp³-hybridized carbons (Fsp3) is 0.364. The molecule has 0 fully saturated rings. The van der Waals surface area contributed by atoms with Gasteiger partial charge in [0.2, 0.25) is 0 Å². The third-order valence-electron chi connectivity index (χ3n) is 2.28. The van der Waals surface area contributed by atoms with E-state index in [-0.39, 0.29) is 22.8 Å². The van der Waals surface area contributed by atoms with Crippen molar-refractivity contribution in [2.45, 2.75) is 13.0 Å². The molecule has 0 aliphatic carbocycles. The topological polar surface area (TPSA) is 83.7 Å². The molecule has 0 saturated carbocycles. The average Bonchev–Trinajstić information content (AvgIpc) is 2.26. The van der Waals surface area contributed by atoms with Gasteiger partial charge in [0.05, 0.1) is 21.6 Å². The van der Waals surface area contributed by atoms with E-state index >= 15 is 0 Å². The Morgan fingerprint density at radius 1 is 1.61 bits per heavy atom. The van der Waals surface area contributed by atoms with Gasteiger partial charge in [0, 0.05) is 25.7 Å². The minimum atomic E-state index is -0.657. The number of benzene rings is 1. The number of non-ortho nitro benzene ring substituents is 1. The van der Waals surface area contributed by atoms with Crippen molar-refractivity contribution in [1.82, 2.24) is 4.90 Å². The number of nitro groups is 1. The standard InChI is InChI=1S/C11H13ClN2O4/c1-7(15)6-13(2)11(16)9-4-3-8(14(17)18)5-10(9)12/h3-5,7,15H,6H2,1-2H3. The summed E-state index contributed by atoms with van der Waals surface area (Å²) >= 11 is 5.83. The quantitative estimate of drug-likeness (QED) is 0.668. The second-order valence-electron chi connectivity index (χ2n) is 3.96. The van der Waals surface area contributed by atoms with Crippen LogP contribution in [0.4, 0.5) is 5.69 Å². The Morgan fingerprint density at radius 3 is 2.67 bits per heavy atom. The zero-order valence-electron chi connectivity index (χ0n) is 9.96. The molecule has 0 heterocycles. The van der Waals surface area contributed by atoms with E-state index in [2.05, 4.69) is 0 Å². The van der Waals surface area contributed by atoms with Gasteiger partial charge in [0.15, 0.2) is 0 Å². The monoisotopic (exact) mass is 272 g/mol. The largest absolute Gasteiger partial charge is 0.392 e. The lowest BCUT2D eigenvalue weighted by molar-refractivity contribution is -0.384. The Hall–Kier alpha value is -1.66. The van der Waals surface area contributed by atoms with Crippen LogP contribution < -0.4 is 0 Å². The Balaban J connectivity index is 2.96. The van der Waals surface area contributed by atoms with Crippen molar-refractivity contribution in [3.05, 3.63) is 38.9 Å². The Morgan fingerprint density at radius 2 is 2.22 bits per heavy atom. The predicted molar refractivity (Wildman–Crippen MR) is 66.7 cm³/mol. The number of hydrogen-bond acceptors (Lipinski definition) is 4. The van der Waals surface area contributed by atoms with Gasteiger partial charge in [-0.25, -0.2) is 0 Å². The summed E-state index contributed by atoms with van der Waals surface area (Å²) in [6.45, 7) is 1.72. The van der Waals surface area contributed by atoms with E-state index in [0.29, 0.717) is 0 Å². The first-order valence-corrected chi connectivity index (χ1v) is 5.58. The highest BCUT2D eigenvalue weighted by atomic mass is 35.5. The van der Waals surface area contributed by atoms with Crippen LogP contribution in [0, 0.1) is 10.1 Å². The zero-order valence-corrected chi connectivity index (χ0v) is 10.7. The van der Waals surface area contributed by atoms with Gasteiger partial charge in [-0.2, -0.15) is 0 Å². The molecule has 6 nitrogen and oxygen atoms in total. The maximum atomic E-state index is 11.9. The molecule has 98 valence electrons. The molecule has 7 heteroatoms. The van der Waals surface area contributed by atoms with Crippen LogP contribution in [0.2, 0.25) is 5.02 Å². The predicted octanol–water partition coefficient (Wildman–Crippen LogP) is 1.70. The molecule has 1 rings (SSSR count). The number of carbonyl (C=O) groups is 1. The summed E-state index contributed by atoms with van der Waals surface area (Å²) in [5, 5.41) is 19.7. The molecule has 0 spiro atoms. The summed E-state index contributed by atoms with van der Waals surface area (Å²) in [7, 11) is 1.52. The fourth-order valence-electron chi connectivity index (χ4n) is 1.48. The van der Waals surface area contributed by atoms with E-state index in [1.54, 1.807) is 6.92 Å². The van der Waals surface area contributed by atoms with Crippen molar-refractivity contribution in [2.24, 2.45) is 0 Å². The average molecular weight is 273 g/mol. The van der Waals surface area contributed by atoms with Gasteiger partial charge >= 0.3 is 0 Å². The summed E-state index contributed by atoms with van der Waals surface area (Å²) in [4.78, 5) is 23.2. The molecule has 1 aromatic rings. The summed E-state index contributed by atoms with van der Waals surface area (Å²) in [6.07, 6.45) is -0.657. The van der Waals surface area contributed by atoms with Crippen molar-refractivity contribution < 1.29 is 14.8 Å². The van der Waals surface area contributed by atoms with Gasteiger partial charge in [-0.05, 0) is 13.0 Å². The van der Waals surface area contributed by atoms with Crippen LogP contribution >= 0.6 is 11.6 Å². The number of nitro benzene ring substituents is 1. The fourth-order valence-corrected chi connectivity index (χ4v) is 1.73. The van der Waals surface area contributed by atoms with E-state index in [0.717, 1.165) is 6.07 Å². The number of aliphatic hydroxyl groups is 1. The van der Waals surface area contributed by atoms with Gasteiger partial charge in [-0.3, -0.25) is 14.9 Å². The van der Waals surface area contributed by atoms with Crippen LogP contribution in [0.25, 0.3) is 0 Å². The SMILES string of the molecule is CC(O)CN(C)C(=O)c1ccc([N+](=O)[O-])cc1Cl. The van der Waals surface area contributed by atoms with E-state index < -0.39 is 16.9 Å². The van der Waals surface area contributed by atoms with E-state index in [9.17, 15) is 20.0 Å². The second kappa shape index (κ2) is 5.79. The van der Waals surface area contributed by atoms with Crippen LogP contribution in [0.3, 0.4) is 0 Å². The second-order valence-corrected chi connectivity index (χ2v) is 4.36. The molecular weight excluding hydrogens is 260 g/mol. The number of nitrogens with zero attached hydrogens (tertiary/aromatic N) is 2. The number of rotatable bonds is 4. The first-order chi connectivity index (χ1) is 8.32. The molecule has 1 aromatic carbocycles. The molecule has 1 atom stereocenters. The molecule has 0 aliphatic heterocycles. The number of amides is 1. The summed E-state index contributed by atoms with van der Waals surface area (Å²) in [5.41, 5.74) is 0.000135. The van der Waals surface area contributed by atoms with Gasteiger partial charge < -0.3 is 10.0 Å². The lowest BCUT2D eigenvalue weighted by Gasteiger charge is -2.19. The minimum Gasteiger partial charge on any atom is -0.392 e. The Bertz CT molecular complexity index is 476. The maximum Gasteiger partial charge on any atom is 0.270 e. The van der Waals surface area contributed by atoms with Gasteiger partial charge in [-0.15, -0.1) is 0 Å². The van der Waals surface area contributed by atoms with Crippen LogP contribution in [-0.4, -0.2) is 40.5 Å². The zero-order chi connectivity index (χ0) is 13.9. The lowest BCUT2D eigenvalue weighted by Crippen LogP contribution is -2.33. The van der Waals surface area contributed by atoms with Crippen LogP contribution in [-0.2, 0) is 0 Å². The number of carbonyl (C=O) groups excluding carboxylic acids is 1. The maximum absolute atomic E-state index is 11.9. The van der Waals surface area contributed by atoms with Gasteiger partial charge in [0.1, 0.15) is 0 Å². The molecule has 1 unspecified atom stereocenters. The van der Waals surface area contributed by atoms with Gasteiger partial charge in [0.25, 0.3) is 11.6 Å². The molecule has 0 saturated heterocycles. The molecule has 1 amide bonds. The van der Waals surface area contributed by atoms with Crippen molar-refractivity contribution in [3.8, 4) is 0 Å². The Labute approximate surface area is 109 Å². The normalized spacial score (nSPS) is 12.0. The van der Waals surface area contributed by atoms with E-state index in [1.807, 2.05) is 0 Å². The molecule has 1 N–H and O–H groups in total. The molecular formula is C11H13ClN2O4. The van der Waals surface area contributed by atoms with E-state index in [1.165, 1.54) is 24.1 Å². The number of halogens is 1. The number of likely N-dealkylation sites (N-methyl/N-ethyl adjacent to an activating group) is 1. The molecule has 18 heavy (non-hydrogen) atoms.